The Labute approximate surface area is 102 Å². The Morgan fingerprint density at radius 2 is 2.24 bits per heavy atom. The van der Waals surface area contributed by atoms with Gasteiger partial charge in [-0.3, -0.25) is 9.48 Å². The van der Waals surface area contributed by atoms with Crippen LogP contribution < -0.4 is 0 Å². The van der Waals surface area contributed by atoms with Crippen molar-refractivity contribution in [2.45, 2.75) is 40.2 Å². The van der Waals surface area contributed by atoms with Gasteiger partial charge >= 0.3 is 0 Å². The first kappa shape index (κ1) is 13.8. The quantitative estimate of drug-likeness (QED) is 0.645. The van der Waals surface area contributed by atoms with Gasteiger partial charge < -0.3 is 4.74 Å². The van der Waals surface area contributed by atoms with Gasteiger partial charge in [0, 0.05) is 31.5 Å². The topological polar surface area (TPSA) is 57.0 Å². The maximum atomic E-state index is 11.3. The Bertz CT molecular complexity index is 347. The highest BCUT2D eigenvalue weighted by Gasteiger charge is 2.06. The van der Waals surface area contributed by atoms with E-state index in [-0.39, 0.29) is 11.7 Å². The minimum atomic E-state index is 0.100. The zero-order chi connectivity index (χ0) is 12.7. The van der Waals surface area contributed by atoms with Gasteiger partial charge in [0.2, 0.25) is 0 Å². The molecule has 0 amide bonds. The van der Waals surface area contributed by atoms with Gasteiger partial charge in [0.05, 0.1) is 18.9 Å². The van der Waals surface area contributed by atoms with Gasteiger partial charge in [-0.05, 0) is 6.92 Å². The van der Waals surface area contributed by atoms with Gasteiger partial charge in [-0.2, -0.15) is 0 Å². The fourth-order valence-electron chi connectivity index (χ4n) is 1.35. The lowest BCUT2D eigenvalue weighted by molar-refractivity contribution is -0.122. The second-order valence-corrected chi connectivity index (χ2v) is 4.30. The molecule has 0 aliphatic heterocycles. The van der Waals surface area contributed by atoms with Crippen LogP contribution in [0.4, 0.5) is 0 Å². The standard InChI is InChI=1S/C12H21N3O2/c1-4-15-9-11(13-14-15)5-7-17-8-6-12(16)10(2)3/h9-10H,4-8H2,1-3H3. The maximum absolute atomic E-state index is 11.3. The number of rotatable bonds is 8. The summed E-state index contributed by atoms with van der Waals surface area (Å²) in [5, 5.41) is 7.96. The zero-order valence-electron chi connectivity index (χ0n) is 10.8. The van der Waals surface area contributed by atoms with Crippen molar-refractivity contribution >= 4 is 5.78 Å². The summed E-state index contributed by atoms with van der Waals surface area (Å²) < 4.78 is 7.19. The van der Waals surface area contributed by atoms with E-state index in [2.05, 4.69) is 10.3 Å². The highest BCUT2D eigenvalue weighted by atomic mass is 16.5. The molecule has 17 heavy (non-hydrogen) atoms. The number of Topliss-reactive ketones (excluding diaryl/α,β-unsaturated/α-hetero) is 1. The summed E-state index contributed by atoms with van der Waals surface area (Å²) in [5.74, 6) is 0.352. The van der Waals surface area contributed by atoms with Gasteiger partial charge in [0.1, 0.15) is 5.78 Å². The molecule has 1 rings (SSSR count). The molecule has 0 fully saturated rings. The number of carbonyl (C=O) groups is 1. The van der Waals surface area contributed by atoms with Gasteiger partial charge in [-0.1, -0.05) is 19.1 Å². The van der Waals surface area contributed by atoms with Crippen LogP contribution in [0.2, 0.25) is 0 Å². The molecule has 0 aromatic carbocycles. The first-order valence-electron chi connectivity index (χ1n) is 6.13. The van der Waals surface area contributed by atoms with E-state index in [0.29, 0.717) is 19.6 Å². The van der Waals surface area contributed by atoms with Gasteiger partial charge in [-0.25, -0.2) is 0 Å². The number of hydrogen-bond acceptors (Lipinski definition) is 4. The van der Waals surface area contributed by atoms with Crippen molar-refractivity contribution in [3.63, 3.8) is 0 Å². The number of carbonyl (C=O) groups excluding carboxylic acids is 1. The summed E-state index contributed by atoms with van der Waals surface area (Å²) in [6, 6.07) is 0. The fourth-order valence-corrected chi connectivity index (χ4v) is 1.35. The molecule has 0 atom stereocenters. The Hall–Kier alpha value is -1.23. The smallest absolute Gasteiger partial charge is 0.137 e. The number of aromatic nitrogens is 3. The fraction of sp³-hybridized carbons (Fsp3) is 0.750. The molecule has 5 heteroatoms. The summed E-state index contributed by atoms with van der Waals surface area (Å²) in [7, 11) is 0. The normalized spacial score (nSPS) is 11.1. The summed E-state index contributed by atoms with van der Waals surface area (Å²) in [4.78, 5) is 11.3. The van der Waals surface area contributed by atoms with E-state index < -0.39 is 0 Å². The Morgan fingerprint density at radius 1 is 1.47 bits per heavy atom. The molecular formula is C12H21N3O2. The van der Waals surface area contributed by atoms with Crippen LogP contribution in [0.1, 0.15) is 32.9 Å². The average Bonchev–Trinajstić information content (AvgIpc) is 2.76. The van der Waals surface area contributed by atoms with Gasteiger partial charge in [0.25, 0.3) is 0 Å². The van der Waals surface area contributed by atoms with Crippen LogP contribution in [-0.2, 0) is 22.5 Å². The van der Waals surface area contributed by atoms with Crippen LogP contribution in [-0.4, -0.2) is 34.0 Å². The summed E-state index contributed by atoms with van der Waals surface area (Å²) in [6.45, 7) is 7.76. The van der Waals surface area contributed by atoms with Crippen molar-refractivity contribution in [3.05, 3.63) is 11.9 Å². The molecule has 0 spiro atoms. The van der Waals surface area contributed by atoms with Crippen LogP contribution in [0.5, 0.6) is 0 Å². The molecule has 0 saturated carbocycles. The molecule has 96 valence electrons. The first-order chi connectivity index (χ1) is 8.13. The highest BCUT2D eigenvalue weighted by Crippen LogP contribution is 2.00. The molecule has 0 bridgehead atoms. The van der Waals surface area contributed by atoms with Crippen molar-refractivity contribution in [1.29, 1.82) is 0 Å². The second-order valence-electron chi connectivity index (χ2n) is 4.30. The van der Waals surface area contributed by atoms with Crippen molar-refractivity contribution < 1.29 is 9.53 Å². The van der Waals surface area contributed by atoms with Crippen molar-refractivity contribution in [3.8, 4) is 0 Å². The molecule has 5 nitrogen and oxygen atoms in total. The molecule has 0 N–H and O–H groups in total. The number of hydrogen-bond donors (Lipinski definition) is 0. The molecular weight excluding hydrogens is 218 g/mol. The number of aryl methyl sites for hydroxylation is 1. The highest BCUT2D eigenvalue weighted by molar-refractivity contribution is 5.80. The zero-order valence-corrected chi connectivity index (χ0v) is 10.8. The average molecular weight is 239 g/mol. The predicted molar refractivity (Wildman–Crippen MR) is 64.7 cm³/mol. The Morgan fingerprint density at radius 3 is 2.82 bits per heavy atom. The van der Waals surface area contributed by atoms with Crippen LogP contribution >= 0.6 is 0 Å². The van der Waals surface area contributed by atoms with E-state index in [0.717, 1.165) is 18.7 Å². The Kier molecular flexibility index (Phi) is 5.83. The molecule has 1 heterocycles. The molecule has 0 radical (unpaired) electrons. The van der Waals surface area contributed by atoms with Gasteiger partial charge in [0.15, 0.2) is 0 Å². The van der Waals surface area contributed by atoms with E-state index in [1.165, 1.54) is 0 Å². The van der Waals surface area contributed by atoms with Gasteiger partial charge in [-0.15, -0.1) is 5.10 Å². The Balaban J connectivity index is 2.10. The van der Waals surface area contributed by atoms with E-state index >= 15 is 0 Å². The SMILES string of the molecule is CCn1cc(CCOCCC(=O)C(C)C)nn1. The summed E-state index contributed by atoms with van der Waals surface area (Å²) in [6.07, 6.45) is 3.16. The predicted octanol–water partition coefficient (Wildman–Crippen LogP) is 1.47. The van der Waals surface area contributed by atoms with E-state index in [1.54, 1.807) is 4.68 Å². The monoisotopic (exact) mass is 239 g/mol. The van der Waals surface area contributed by atoms with Crippen molar-refractivity contribution in [2.24, 2.45) is 5.92 Å². The molecule has 1 aromatic rings. The molecule has 0 aliphatic carbocycles. The third-order valence-corrected chi connectivity index (χ3v) is 2.55. The van der Waals surface area contributed by atoms with Crippen LogP contribution in [0.3, 0.4) is 0 Å². The lowest BCUT2D eigenvalue weighted by Gasteiger charge is -2.04. The summed E-state index contributed by atoms with van der Waals surface area (Å²) in [5.41, 5.74) is 0.932. The van der Waals surface area contributed by atoms with E-state index in [1.807, 2.05) is 27.0 Å². The summed E-state index contributed by atoms with van der Waals surface area (Å²) >= 11 is 0. The third-order valence-electron chi connectivity index (χ3n) is 2.55. The number of nitrogens with zero attached hydrogens (tertiary/aromatic N) is 3. The van der Waals surface area contributed by atoms with Crippen molar-refractivity contribution in [1.82, 2.24) is 15.0 Å². The lowest BCUT2D eigenvalue weighted by atomic mass is 10.1. The number of ketones is 1. The minimum absolute atomic E-state index is 0.100. The lowest BCUT2D eigenvalue weighted by Crippen LogP contribution is -2.11. The van der Waals surface area contributed by atoms with Crippen LogP contribution in [0, 0.1) is 5.92 Å². The van der Waals surface area contributed by atoms with Crippen molar-refractivity contribution in [2.75, 3.05) is 13.2 Å². The third kappa shape index (κ3) is 5.08. The van der Waals surface area contributed by atoms with Crippen LogP contribution in [0.15, 0.2) is 6.20 Å². The molecule has 1 aromatic heterocycles. The van der Waals surface area contributed by atoms with E-state index in [9.17, 15) is 4.79 Å². The molecule has 0 unspecified atom stereocenters. The molecule has 0 aliphatic rings. The minimum Gasteiger partial charge on any atom is -0.381 e. The second kappa shape index (κ2) is 7.17. The maximum Gasteiger partial charge on any atom is 0.137 e. The molecule has 0 saturated heterocycles. The van der Waals surface area contributed by atoms with E-state index in [4.69, 9.17) is 4.74 Å². The largest absolute Gasteiger partial charge is 0.381 e. The number of ether oxygens (including phenoxy) is 1. The van der Waals surface area contributed by atoms with Crippen LogP contribution in [0.25, 0.3) is 0 Å². The first-order valence-corrected chi connectivity index (χ1v) is 6.13.